The molecule has 0 fully saturated rings. The number of nitrogens with two attached hydrogens (primary N) is 1. The van der Waals surface area contributed by atoms with E-state index in [0.29, 0.717) is 6.42 Å². The van der Waals surface area contributed by atoms with E-state index in [1.165, 1.54) is 0 Å². The fourth-order valence-corrected chi connectivity index (χ4v) is 3.03. The molecule has 2 aromatic rings. The lowest BCUT2D eigenvalue weighted by Crippen LogP contribution is -2.53. The van der Waals surface area contributed by atoms with Crippen LogP contribution in [-0.4, -0.2) is 30.0 Å². The molecule has 3 amide bonds. The Balaban J connectivity index is 1.95. The van der Waals surface area contributed by atoms with Crippen LogP contribution >= 0.6 is 0 Å². The van der Waals surface area contributed by atoms with Crippen LogP contribution in [0.5, 0.6) is 0 Å². The van der Waals surface area contributed by atoms with Crippen molar-refractivity contribution < 1.29 is 19.1 Å². The van der Waals surface area contributed by atoms with Crippen LogP contribution in [0.4, 0.5) is 4.79 Å². The summed E-state index contributed by atoms with van der Waals surface area (Å²) in [5, 5.41) is 5.25. The summed E-state index contributed by atoms with van der Waals surface area (Å²) in [7, 11) is 0. The van der Waals surface area contributed by atoms with Gasteiger partial charge < -0.3 is 21.1 Å². The second kappa shape index (κ2) is 12.9. The molecule has 0 saturated heterocycles. The standard InChI is InChI=1S/C25H31N3O4/c1-18(2)16-22(28-25(31)32-17-20-12-7-4-8-13-20)24(30)27-21(23(26)29)15-9-14-19-10-5-3-6-11-19/h3-14,18,21-22H,15-17H2,1-2H3,(H2,26,29)(H,27,30)(H,28,31)/b14-9+/t21-,22-/m0/s1. The molecule has 0 saturated carbocycles. The maximum Gasteiger partial charge on any atom is 0.408 e. The summed E-state index contributed by atoms with van der Waals surface area (Å²) < 4.78 is 5.22. The minimum Gasteiger partial charge on any atom is -0.445 e. The molecule has 0 aliphatic rings. The van der Waals surface area contributed by atoms with Gasteiger partial charge in [-0.1, -0.05) is 86.7 Å². The Bertz CT molecular complexity index is 898. The molecule has 0 aliphatic heterocycles. The fourth-order valence-electron chi connectivity index (χ4n) is 3.03. The number of primary amides is 1. The maximum absolute atomic E-state index is 12.8. The van der Waals surface area contributed by atoms with Crippen LogP contribution in [0.3, 0.4) is 0 Å². The minimum absolute atomic E-state index is 0.0941. The quantitative estimate of drug-likeness (QED) is 0.500. The zero-order valence-corrected chi connectivity index (χ0v) is 18.5. The first-order chi connectivity index (χ1) is 15.3. The Morgan fingerprint density at radius 1 is 0.938 bits per heavy atom. The highest BCUT2D eigenvalue weighted by Gasteiger charge is 2.26. The van der Waals surface area contributed by atoms with Gasteiger partial charge in [-0.2, -0.15) is 0 Å². The summed E-state index contributed by atoms with van der Waals surface area (Å²) in [6, 6.07) is 17.1. The van der Waals surface area contributed by atoms with Crippen LogP contribution in [-0.2, 0) is 20.9 Å². The van der Waals surface area contributed by atoms with Crippen LogP contribution in [0.25, 0.3) is 6.08 Å². The predicted molar refractivity (Wildman–Crippen MR) is 124 cm³/mol. The number of rotatable bonds is 11. The van der Waals surface area contributed by atoms with Gasteiger partial charge in [-0.15, -0.1) is 0 Å². The number of ether oxygens (including phenoxy) is 1. The molecule has 170 valence electrons. The van der Waals surface area contributed by atoms with Crippen molar-refractivity contribution in [3.8, 4) is 0 Å². The molecule has 7 nitrogen and oxygen atoms in total. The smallest absolute Gasteiger partial charge is 0.408 e. The molecule has 2 rings (SSSR count). The van der Waals surface area contributed by atoms with Crippen LogP contribution in [0.15, 0.2) is 66.7 Å². The molecule has 2 aromatic carbocycles. The van der Waals surface area contributed by atoms with E-state index in [9.17, 15) is 14.4 Å². The van der Waals surface area contributed by atoms with Gasteiger partial charge >= 0.3 is 6.09 Å². The summed E-state index contributed by atoms with van der Waals surface area (Å²) >= 11 is 0. The largest absolute Gasteiger partial charge is 0.445 e. The third-order valence-corrected chi connectivity index (χ3v) is 4.67. The molecular weight excluding hydrogens is 406 g/mol. The molecule has 0 spiro atoms. The van der Waals surface area contributed by atoms with Crippen molar-refractivity contribution in [3.63, 3.8) is 0 Å². The van der Waals surface area contributed by atoms with Crippen LogP contribution < -0.4 is 16.4 Å². The Hall–Kier alpha value is -3.61. The van der Waals surface area contributed by atoms with Gasteiger partial charge in [0.25, 0.3) is 0 Å². The maximum atomic E-state index is 12.8. The highest BCUT2D eigenvalue weighted by molar-refractivity contribution is 5.90. The normalized spacial score (nSPS) is 12.8. The second-order valence-electron chi connectivity index (χ2n) is 7.90. The number of carbonyl (C=O) groups is 3. The minimum atomic E-state index is -0.890. The third-order valence-electron chi connectivity index (χ3n) is 4.67. The van der Waals surface area contributed by atoms with Crippen molar-refractivity contribution in [2.45, 2.75) is 45.4 Å². The molecule has 7 heteroatoms. The van der Waals surface area contributed by atoms with Crippen LogP contribution in [0.2, 0.25) is 0 Å². The molecule has 32 heavy (non-hydrogen) atoms. The lowest BCUT2D eigenvalue weighted by Gasteiger charge is -2.22. The topological polar surface area (TPSA) is 111 Å². The molecule has 4 N–H and O–H groups in total. The average molecular weight is 438 g/mol. The Morgan fingerprint density at radius 2 is 1.56 bits per heavy atom. The molecule has 0 radical (unpaired) electrons. The summed E-state index contributed by atoms with van der Waals surface area (Å²) in [6.45, 7) is 3.97. The second-order valence-corrected chi connectivity index (χ2v) is 7.90. The zero-order chi connectivity index (χ0) is 23.3. The summed E-state index contributed by atoms with van der Waals surface area (Å²) in [5.41, 5.74) is 7.29. The van der Waals surface area contributed by atoms with Gasteiger partial charge in [0, 0.05) is 0 Å². The first-order valence-electron chi connectivity index (χ1n) is 10.6. The van der Waals surface area contributed by atoms with E-state index in [4.69, 9.17) is 10.5 Å². The van der Waals surface area contributed by atoms with Crippen LogP contribution in [0.1, 0.15) is 37.8 Å². The molecule has 2 atom stereocenters. The Morgan fingerprint density at radius 3 is 2.16 bits per heavy atom. The molecule has 0 aromatic heterocycles. The number of amides is 3. The molecule has 0 heterocycles. The highest BCUT2D eigenvalue weighted by Crippen LogP contribution is 2.08. The highest BCUT2D eigenvalue weighted by atomic mass is 16.5. The van der Waals surface area contributed by atoms with Gasteiger partial charge in [0.05, 0.1) is 0 Å². The molecule has 0 aliphatic carbocycles. The SMILES string of the molecule is CC(C)C[C@H](NC(=O)OCc1ccccc1)C(=O)N[C@@H](C/C=C/c1ccccc1)C(N)=O. The number of nitrogens with one attached hydrogen (secondary N) is 2. The Labute approximate surface area is 189 Å². The number of hydrogen-bond acceptors (Lipinski definition) is 4. The predicted octanol–water partition coefficient (Wildman–Crippen LogP) is 3.40. The third kappa shape index (κ3) is 9.04. The number of benzene rings is 2. The fraction of sp³-hybridized carbons (Fsp3) is 0.320. The van der Waals surface area contributed by atoms with Crippen molar-refractivity contribution in [2.24, 2.45) is 11.7 Å². The van der Waals surface area contributed by atoms with Gasteiger partial charge in [-0.25, -0.2) is 4.79 Å². The van der Waals surface area contributed by atoms with Gasteiger partial charge in [0.2, 0.25) is 11.8 Å². The van der Waals surface area contributed by atoms with Crippen LogP contribution in [0, 0.1) is 5.92 Å². The molecule has 0 bridgehead atoms. The van der Waals surface area contributed by atoms with Crippen molar-refractivity contribution in [2.75, 3.05) is 0 Å². The average Bonchev–Trinajstić information content (AvgIpc) is 2.77. The van der Waals surface area contributed by atoms with E-state index in [-0.39, 0.29) is 18.9 Å². The van der Waals surface area contributed by atoms with Crippen molar-refractivity contribution in [3.05, 3.63) is 77.9 Å². The summed E-state index contributed by atoms with van der Waals surface area (Å²) in [5.74, 6) is -0.997. The van der Waals surface area contributed by atoms with Gasteiger partial charge in [0.1, 0.15) is 18.7 Å². The lowest BCUT2D eigenvalue weighted by atomic mass is 10.0. The number of alkyl carbamates (subject to hydrolysis) is 1. The van der Waals surface area contributed by atoms with Crippen molar-refractivity contribution in [1.29, 1.82) is 0 Å². The number of carbonyl (C=O) groups excluding carboxylic acids is 3. The summed E-state index contributed by atoms with van der Waals surface area (Å²) in [4.78, 5) is 36.9. The molecular formula is C25H31N3O4. The van der Waals surface area contributed by atoms with Gasteiger partial charge in [-0.05, 0) is 29.9 Å². The first-order valence-corrected chi connectivity index (χ1v) is 10.6. The first kappa shape index (κ1) is 24.7. The monoisotopic (exact) mass is 437 g/mol. The van der Waals surface area contributed by atoms with Gasteiger partial charge in [-0.3, -0.25) is 9.59 Å². The molecule has 0 unspecified atom stereocenters. The van der Waals surface area contributed by atoms with E-state index in [2.05, 4.69) is 10.6 Å². The van der Waals surface area contributed by atoms with E-state index in [1.807, 2.05) is 80.6 Å². The van der Waals surface area contributed by atoms with Crippen molar-refractivity contribution in [1.82, 2.24) is 10.6 Å². The van der Waals surface area contributed by atoms with E-state index < -0.39 is 30.0 Å². The lowest BCUT2D eigenvalue weighted by molar-refractivity contribution is -0.128. The Kier molecular flexibility index (Phi) is 9.97. The van der Waals surface area contributed by atoms with E-state index >= 15 is 0 Å². The zero-order valence-electron chi connectivity index (χ0n) is 18.5. The summed E-state index contributed by atoms with van der Waals surface area (Å²) in [6.07, 6.45) is 3.56. The van der Waals surface area contributed by atoms with E-state index in [0.717, 1.165) is 11.1 Å². The van der Waals surface area contributed by atoms with E-state index in [1.54, 1.807) is 6.08 Å². The van der Waals surface area contributed by atoms with Crippen molar-refractivity contribution >= 4 is 24.0 Å². The number of hydrogen-bond donors (Lipinski definition) is 3. The van der Waals surface area contributed by atoms with Gasteiger partial charge in [0.15, 0.2) is 0 Å².